The molecule has 8 nitrogen and oxygen atoms in total. The van der Waals surface area contributed by atoms with E-state index in [1.807, 2.05) is 6.07 Å². The molecule has 0 saturated carbocycles. The molecule has 0 fully saturated rings. The van der Waals surface area contributed by atoms with Gasteiger partial charge in [0.15, 0.2) is 12.4 Å². The monoisotopic (exact) mass is 618 g/mol. The number of amides is 1. The summed E-state index contributed by atoms with van der Waals surface area (Å²) in [6, 6.07) is 14.0. The van der Waals surface area contributed by atoms with E-state index in [0.717, 1.165) is 10.0 Å². The quantitative estimate of drug-likeness (QED) is 0.175. The van der Waals surface area contributed by atoms with Gasteiger partial charge in [-0.1, -0.05) is 57.3 Å². The average Bonchev–Trinajstić information content (AvgIpc) is 3.18. The highest BCUT2D eigenvalue weighted by atomic mass is 79.9. The minimum atomic E-state index is -1.82. The van der Waals surface area contributed by atoms with Crippen LogP contribution < -0.4 is 5.32 Å². The van der Waals surface area contributed by atoms with Gasteiger partial charge in [0, 0.05) is 27.5 Å². The first-order chi connectivity index (χ1) is 17.8. The number of nitrogens with zero attached hydrogens (tertiary/aromatic N) is 1. The zero-order chi connectivity index (χ0) is 27.8. The maximum Gasteiger partial charge on any atom is 0.303 e. The Kier molecular flexibility index (Phi) is 7.94. The van der Waals surface area contributed by atoms with E-state index in [0.29, 0.717) is 26.9 Å². The van der Waals surface area contributed by atoms with Gasteiger partial charge >= 0.3 is 5.97 Å². The Morgan fingerprint density at radius 1 is 1.08 bits per heavy atom. The van der Waals surface area contributed by atoms with E-state index in [9.17, 15) is 19.5 Å². The molecule has 4 rings (SSSR count). The number of aromatic nitrogens is 1. The van der Waals surface area contributed by atoms with Crippen LogP contribution in [0.3, 0.4) is 0 Å². The Hall–Kier alpha value is -3.24. The molecule has 0 aliphatic rings. The lowest BCUT2D eigenvalue weighted by atomic mass is 9.97. The predicted molar refractivity (Wildman–Crippen MR) is 148 cm³/mol. The van der Waals surface area contributed by atoms with E-state index in [4.69, 9.17) is 37.3 Å². The van der Waals surface area contributed by atoms with Crippen molar-refractivity contribution in [3.8, 4) is 22.4 Å². The van der Waals surface area contributed by atoms with Crippen LogP contribution in [0.15, 0.2) is 57.4 Å². The molecule has 0 aliphatic carbocycles. The molecule has 0 radical (unpaired) electrons. The molecule has 196 valence electrons. The fraction of sp³-hybridized carbons (Fsp3) is 0.185. The van der Waals surface area contributed by atoms with Gasteiger partial charge in [-0.15, -0.1) is 0 Å². The van der Waals surface area contributed by atoms with E-state index in [-0.39, 0.29) is 22.5 Å². The molecule has 2 aromatic heterocycles. The first kappa shape index (κ1) is 27.8. The summed E-state index contributed by atoms with van der Waals surface area (Å²) in [6.07, 6.45) is 0. The number of ether oxygens (including phenoxy) is 1. The molecule has 2 N–H and O–H groups in total. The van der Waals surface area contributed by atoms with Crippen LogP contribution in [0.5, 0.6) is 0 Å². The lowest BCUT2D eigenvalue weighted by molar-refractivity contribution is -0.144. The van der Waals surface area contributed by atoms with Crippen molar-refractivity contribution in [2.45, 2.75) is 26.4 Å². The molecule has 4 aromatic rings. The highest BCUT2D eigenvalue weighted by Gasteiger charge is 2.33. The van der Waals surface area contributed by atoms with Gasteiger partial charge in [-0.05, 0) is 49.7 Å². The maximum absolute atomic E-state index is 13.1. The number of furan rings is 1. The van der Waals surface area contributed by atoms with E-state index in [1.54, 1.807) is 42.5 Å². The summed E-state index contributed by atoms with van der Waals surface area (Å²) < 4.78 is 11.4. The molecule has 0 bridgehead atoms. The number of aliphatic hydroxyl groups is 1. The first-order valence-electron chi connectivity index (χ1n) is 11.2. The maximum atomic E-state index is 13.1. The van der Waals surface area contributed by atoms with Gasteiger partial charge in [-0.25, -0.2) is 4.98 Å². The average molecular weight is 620 g/mol. The van der Waals surface area contributed by atoms with Crippen LogP contribution in [0.1, 0.15) is 31.3 Å². The summed E-state index contributed by atoms with van der Waals surface area (Å²) in [5.74, 6) is -2.44. The van der Waals surface area contributed by atoms with Crippen LogP contribution in [0.25, 0.3) is 33.5 Å². The van der Waals surface area contributed by atoms with Crippen LogP contribution in [-0.4, -0.2) is 40.0 Å². The summed E-state index contributed by atoms with van der Waals surface area (Å²) >= 11 is 16.1. The van der Waals surface area contributed by atoms with Gasteiger partial charge in [-0.2, -0.15) is 0 Å². The smallest absolute Gasteiger partial charge is 0.303 e. The van der Waals surface area contributed by atoms with Crippen molar-refractivity contribution in [3.05, 3.63) is 68.8 Å². The number of halogens is 3. The molecule has 0 spiro atoms. The summed E-state index contributed by atoms with van der Waals surface area (Å²) in [4.78, 5) is 41.5. The Bertz CT molecular complexity index is 1580. The Morgan fingerprint density at radius 3 is 2.37 bits per heavy atom. The Morgan fingerprint density at radius 2 is 1.76 bits per heavy atom. The fourth-order valence-corrected chi connectivity index (χ4v) is 4.55. The number of ketones is 1. The van der Waals surface area contributed by atoms with Crippen molar-refractivity contribution in [2.24, 2.45) is 0 Å². The van der Waals surface area contributed by atoms with E-state index < -0.39 is 29.9 Å². The molecule has 11 heteroatoms. The van der Waals surface area contributed by atoms with E-state index >= 15 is 0 Å². The summed E-state index contributed by atoms with van der Waals surface area (Å²) in [6.45, 7) is 3.18. The zero-order valence-electron chi connectivity index (χ0n) is 20.4. The van der Waals surface area contributed by atoms with Gasteiger partial charge in [0.05, 0.1) is 16.1 Å². The van der Waals surface area contributed by atoms with Crippen LogP contribution in [-0.2, 0) is 14.3 Å². The molecular formula is C27H21BrCl2N2O6. The molecular weight excluding hydrogens is 599 g/mol. The summed E-state index contributed by atoms with van der Waals surface area (Å²) in [5, 5.41) is 14.2. The molecule has 2 heterocycles. The number of pyridine rings is 1. The number of rotatable bonds is 7. The minimum Gasteiger partial charge on any atom is -0.456 e. The molecule has 0 saturated heterocycles. The highest BCUT2D eigenvalue weighted by Crippen LogP contribution is 2.41. The first-order valence-corrected chi connectivity index (χ1v) is 12.8. The molecule has 1 amide bonds. The number of Topliss-reactive ketones (excluding diaryl/α,β-unsaturated/α-hetero) is 1. The molecule has 0 atom stereocenters. The van der Waals surface area contributed by atoms with Gasteiger partial charge < -0.3 is 19.6 Å². The topological polar surface area (TPSA) is 119 Å². The van der Waals surface area contributed by atoms with Crippen LogP contribution >= 0.6 is 39.1 Å². The molecule has 0 aliphatic heterocycles. The fourth-order valence-electron chi connectivity index (χ4n) is 3.66. The summed E-state index contributed by atoms with van der Waals surface area (Å²) in [7, 11) is 0. The summed E-state index contributed by atoms with van der Waals surface area (Å²) in [5.41, 5.74) is 0.566. The van der Waals surface area contributed by atoms with Crippen LogP contribution in [0, 0.1) is 0 Å². The van der Waals surface area contributed by atoms with Crippen LogP contribution in [0.2, 0.25) is 10.0 Å². The second kappa shape index (κ2) is 10.9. The zero-order valence-corrected chi connectivity index (χ0v) is 23.5. The molecule has 38 heavy (non-hydrogen) atoms. The van der Waals surface area contributed by atoms with E-state index in [1.165, 1.54) is 20.8 Å². The van der Waals surface area contributed by atoms with Crippen molar-refractivity contribution < 1.29 is 28.6 Å². The number of carbonyl (C=O) groups is 3. The minimum absolute atomic E-state index is 0.0135. The number of hydrogen-bond donors (Lipinski definition) is 2. The van der Waals surface area contributed by atoms with Crippen LogP contribution in [0.4, 0.5) is 5.69 Å². The van der Waals surface area contributed by atoms with Gasteiger partial charge in [0.25, 0.3) is 5.91 Å². The van der Waals surface area contributed by atoms with Crippen molar-refractivity contribution in [1.29, 1.82) is 0 Å². The number of nitrogens with one attached hydrogen (secondary N) is 1. The van der Waals surface area contributed by atoms with Gasteiger partial charge in [0.2, 0.25) is 11.5 Å². The third-order valence-electron chi connectivity index (χ3n) is 5.46. The largest absolute Gasteiger partial charge is 0.456 e. The second-order valence-corrected chi connectivity index (χ2v) is 10.7. The second-order valence-electron chi connectivity index (χ2n) is 8.89. The van der Waals surface area contributed by atoms with Gasteiger partial charge in [0.1, 0.15) is 11.3 Å². The standard InChI is InChI=1S/C27H21BrCl2N2O6/c1-13(33)37-12-21(34)31-23-19-11-18(14-4-7-16(29)8-5-14)22(17-9-6-15(28)10-20(17)30)32-26(19)38-24(23)25(35)27(2,3)36/h4-11,36H,12H2,1-3H3,(H,31,34). The van der Waals surface area contributed by atoms with Crippen molar-refractivity contribution in [3.63, 3.8) is 0 Å². The lowest BCUT2D eigenvalue weighted by Gasteiger charge is -2.14. The third-order valence-corrected chi connectivity index (χ3v) is 6.51. The highest BCUT2D eigenvalue weighted by molar-refractivity contribution is 9.10. The number of benzene rings is 2. The number of carbonyl (C=O) groups excluding carboxylic acids is 3. The SMILES string of the molecule is CC(=O)OCC(=O)Nc1c(C(=O)C(C)(C)O)oc2nc(-c3ccc(Br)cc3Cl)c(-c3ccc(Cl)cc3)cc12. The molecule has 2 aromatic carbocycles. The lowest BCUT2D eigenvalue weighted by Crippen LogP contribution is -2.31. The third kappa shape index (κ3) is 5.91. The number of fused-ring (bicyclic) bond motifs is 1. The predicted octanol–water partition coefficient (Wildman–Crippen LogP) is 6.69. The Balaban J connectivity index is 2.00. The van der Waals surface area contributed by atoms with Crippen molar-refractivity contribution >= 4 is 73.6 Å². The van der Waals surface area contributed by atoms with Crippen molar-refractivity contribution in [2.75, 3.05) is 11.9 Å². The normalized spacial score (nSPS) is 11.4. The molecule has 0 unspecified atom stereocenters. The van der Waals surface area contributed by atoms with E-state index in [2.05, 4.69) is 21.2 Å². The number of anilines is 1. The van der Waals surface area contributed by atoms with Crippen molar-refractivity contribution in [1.82, 2.24) is 4.98 Å². The van der Waals surface area contributed by atoms with Gasteiger partial charge in [-0.3, -0.25) is 14.4 Å². The number of esters is 1. The Labute approximate surface area is 236 Å². The number of hydrogen-bond acceptors (Lipinski definition) is 7.